The van der Waals surface area contributed by atoms with Crippen LogP contribution >= 0.6 is 0 Å². The fourth-order valence-corrected chi connectivity index (χ4v) is 4.67. The van der Waals surface area contributed by atoms with Gasteiger partial charge in [0.25, 0.3) is 0 Å². The maximum atomic E-state index is 15.4. The van der Waals surface area contributed by atoms with E-state index in [0.29, 0.717) is 18.4 Å². The summed E-state index contributed by atoms with van der Waals surface area (Å²) >= 11 is 0. The predicted molar refractivity (Wildman–Crippen MR) is 104 cm³/mol. The first-order valence-corrected chi connectivity index (χ1v) is 9.81. The summed E-state index contributed by atoms with van der Waals surface area (Å²) < 4.78 is 22.7. The Balaban J connectivity index is 2.13. The highest BCUT2D eigenvalue weighted by Gasteiger charge is 2.45. The number of carbonyl (C=O) groups is 2. The standard InChI is InChI=1S/C21H23FN2O5/c1-29-18-15(21(20(23)28)7-3-2-4-8-21)14(22)9-12-16(18)24(11-5-6-11)10-13(17(12)25)19(26)27/h9-11H,2-8H2,1H3,(H2,23,28)(H,26,27). The number of methoxy groups -OCH3 is 1. The number of amides is 1. The Bertz CT molecular complexity index is 1080. The Morgan fingerprint density at radius 1 is 1.28 bits per heavy atom. The van der Waals surface area contributed by atoms with Crippen molar-refractivity contribution in [2.75, 3.05) is 7.11 Å². The summed E-state index contributed by atoms with van der Waals surface area (Å²) in [6.45, 7) is 0. The zero-order valence-corrected chi connectivity index (χ0v) is 16.2. The molecule has 0 saturated heterocycles. The molecule has 0 aliphatic heterocycles. The summed E-state index contributed by atoms with van der Waals surface area (Å²) in [5.74, 6) is -2.65. The highest BCUT2D eigenvalue weighted by Crippen LogP contribution is 2.48. The molecule has 0 atom stereocenters. The molecule has 2 saturated carbocycles. The van der Waals surface area contributed by atoms with Gasteiger partial charge in [0.1, 0.15) is 17.1 Å². The van der Waals surface area contributed by atoms with Crippen LogP contribution in [0.25, 0.3) is 10.9 Å². The molecule has 2 aliphatic carbocycles. The van der Waals surface area contributed by atoms with Gasteiger partial charge in [-0.2, -0.15) is 0 Å². The van der Waals surface area contributed by atoms with Crippen LogP contribution in [-0.4, -0.2) is 28.7 Å². The smallest absolute Gasteiger partial charge is 0.341 e. The van der Waals surface area contributed by atoms with Crippen molar-refractivity contribution in [2.24, 2.45) is 5.73 Å². The molecule has 0 bridgehead atoms. The van der Waals surface area contributed by atoms with Gasteiger partial charge in [0.2, 0.25) is 11.3 Å². The summed E-state index contributed by atoms with van der Waals surface area (Å²) in [7, 11) is 1.36. The lowest BCUT2D eigenvalue weighted by molar-refractivity contribution is -0.124. The number of nitrogens with zero attached hydrogens (tertiary/aromatic N) is 1. The molecule has 1 heterocycles. The number of aromatic nitrogens is 1. The third kappa shape index (κ3) is 2.89. The van der Waals surface area contributed by atoms with E-state index in [2.05, 4.69) is 0 Å². The number of ether oxygens (including phenoxy) is 1. The van der Waals surface area contributed by atoms with Gasteiger partial charge in [0.15, 0.2) is 0 Å². The highest BCUT2D eigenvalue weighted by molar-refractivity contribution is 5.97. The molecule has 0 spiro atoms. The molecule has 2 aliphatic rings. The van der Waals surface area contributed by atoms with Crippen molar-refractivity contribution in [1.29, 1.82) is 0 Å². The summed E-state index contributed by atoms with van der Waals surface area (Å²) in [5.41, 5.74) is 3.77. The van der Waals surface area contributed by atoms with Crippen LogP contribution in [0.4, 0.5) is 4.39 Å². The van der Waals surface area contributed by atoms with Gasteiger partial charge in [-0.05, 0) is 31.7 Å². The van der Waals surface area contributed by atoms with Crippen LogP contribution < -0.4 is 15.9 Å². The first-order chi connectivity index (χ1) is 13.8. The normalized spacial score (nSPS) is 18.6. The lowest BCUT2D eigenvalue weighted by Crippen LogP contribution is -2.44. The van der Waals surface area contributed by atoms with Crippen LogP contribution in [0.2, 0.25) is 0 Å². The number of rotatable bonds is 5. The molecule has 4 rings (SSSR count). The maximum absolute atomic E-state index is 15.4. The second-order valence-electron chi connectivity index (χ2n) is 7.99. The van der Waals surface area contributed by atoms with Crippen LogP contribution in [0.1, 0.15) is 66.9 Å². The Labute approximate surface area is 166 Å². The molecule has 8 heteroatoms. The fraction of sp³-hybridized carbons (Fsp3) is 0.476. The zero-order valence-electron chi connectivity index (χ0n) is 16.2. The minimum atomic E-state index is -1.37. The Hall–Kier alpha value is -2.90. The second kappa shape index (κ2) is 6.86. The first kappa shape index (κ1) is 19.4. The van der Waals surface area contributed by atoms with Crippen molar-refractivity contribution < 1.29 is 23.8 Å². The van der Waals surface area contributed by atoms with Crippen LogP contribution in [0, 0.1) is 5.82 Å². The second-order valence-corrected chi connectivity index (χ2v) is 7.99. The van der Waals surface area contributed by atoms with E-state index in [1.54, 1.807) is 4.57 Å². The van der Waals surface area contributed by atoms with Crippen molar-refractivity contribution in [3.63, 3.8) is 0 Å². The number of fused-ring (bicyclic) bond motifs is 1. The van der Waals surface area contributed by atoms with Crippen molar-refractivity contribution in [1.82, 2.24) is 4.57 Å². The Morgan fingerprint density at radius 3 is 2.45 bits per heavy atom. The monoisotopic (exact) mass is 402 g/mol. The minimum absolute atomic E-state index is 0.000653. The summed E-state index contributed by atoms with van der Waals surface area (Å²) in [4.78, 5) is 36.9. The maximum Gasteiger partial charge on any atom is 0.341 e. The molecule has 2 fully saturated rings. The molecule has 0 radical (unpaired) electrons. The van der Waals surface area contributed by atoms with E-state index in [0.717, 1.165) is 38.2 Å². The van der Waals surface area contributed by atoms with E-state index in [-0.39, 0.29) is 22.7 Å². The Morgan fingerprint density at radius 2 is 1.93 bits per heavy atom. The topological polar surface area (TPSA) is 112 Å². The molecule has 1 aromatic heterocycles. The van der Waals surface area contributed by atoms with Gasteiger partial charge in [-0.3, -0.25) is 9.59 Å². The van der Waals surface area contributed by atoms with Crippen molar-refractivity contribution in [2.45, 2.75) is 56.4 Å². The van der Waals surface area contributed by atoms with Gasteiger partial charge in [0, 0.05) is 17.8 Å². The van der Waals surface area contributed by atoms with Gasteiger partial charge < -0.3 is 20.1 Å². The molecule has 1 amide bonds. The van der Waals surface area contributed by atoms with E-state index < -0.39 is 34.1 Å². The lowest BCUT2D eigenvalue weighted by atomic mass is 9.68. The fourth-order valence-electron chi connectivity index (χ4n) is 4.67. The van der Waals surface area contributed by atoms with E-state index in [1.165, 1.54) is 13.3 Å². The zero-order chi connectivity index (χ0) is 20.9. The summed E-state index contributed by atoms with van der Waals surface area (Å²) in [6, 6.07) is 1.04. The van der Waals surface area contributed by atoms with Gasteiger partial charge in [-0.25, -0.2) is 9.18 Å². The number of hydrogen-bond acceptors (Lipinski definition) is 4. The molecule has 154 valence electrons. The van der Waals surface area contributed by atoms with E-state index in [4.69, 9.17) is 10.5 Å². The van der Waals surface area contributed by atoms with E-state index >= 15 is 4.39 Å². The third-order valence-electron chi connectivity index (χ3n) is 6.25. The molecular formula is C21H23FN2O5. The number of aromatic carboxylic acids is 1. The molecule has 7 nitrogen and oxygen atoms in total. The highest BCUT2D eigenvalue weighted by atomic mass is 19.1. The number of carboxylic acid groups (broad SMARTS) is 1. The van der Waals surface area contributed by atoms with Crippen molar-refractivity contribution >= 4 is 22.8 Å². The van der Waals surface area contributed by atoms with Crippen LogP contribution in [-0.2, 0) is 10.2 Å². The van der Waals surface area contributed by atoms with Gasteiger partial charge in [-0.15, -0.1) is 0 Å². The summed E-state index contributed by atoms with van der Waals surface area (Å²) in [5, 5.41) is 9.36. The average molecular weight is 402 g/mol. The number of nitrogens with two attached hydrogens (primary N) is 1. The molecule has 0 unspecified atom stereocenters. The summed E-state index contributed by atoms with van der Waals surface area (Å²) in [6.07, 6.45) is 6.13. The predicted octanol–water partition coefficient (Wildman–Crippen LogP) is 2.87. The number of hydrogen-bond donors (Lipinski definition) is 2. The molecule has 2 aromatic rings. The van der Waals surface area contributed by atoms with Crippen molar-refractivity contribution in [3.8, 4) is 5.75 Å². The first-order valence-electron chi connectivity index (χ1n) is 9.81. The third-order valence-corrected chi connectivity index (χ3v) is 6.25. The van der Waals surface area contributed by atoms with Gasteiger partial charge >= 0.3 is 5.97 Å². The van der Waals surface area contributed by atoms with Crippen LogP contribution in [0.3, 0.4) is 0 Å². The van der Waals surface area contributed by atoms with E-state index in [1.807, 2.05) is 0 Å². The number of halogens is 1. The largest absolute Gasteiger partial charge is 0.494 e. The molecule has 1 aromatic carbocycles. The van der Waals surface area contributed by atoms with E-state index in [9.17, 15) is 19.5 Å². The number of carbonyl (C=O) groups excluding carboxylic acids is 1. The van der Waals surface area contributed by atoms with Crippen molar-refractivity contribution in [3.05, 3.63) is 39.4 Å². The minimum Gasteiger partial charge on any atom is -0.494 e. The van der Waals surface area contributed by atoms with Gasteiger partial charge in [-0.1, -0.05) is 19.3 Å². The van der Waals surface area contributed by atoms with Gasteiger partial charge in [0.05, 0.1) is 23.4 Å². The average Bonchev–Trinajstić information content (AvgIpc) is 3.53. The number of benzene rings is 1. The number of pyridine rings is 1. The molecule has 29 heavy (non-hydrogen) atoms. The SMILES string of the molecule is COc1c(C2(C(N)=O)CCCCC2)c(F)cc2c(=O)c(C(=O)O)cn(C3CC3)c12. The number of primary amides is 1. The Kier molecular flexibility index (Phi) is 4.59. The van der Waals surface area contributed by atoms with Crippen LogP contribution in [0.15, 0.2) is 17.1 Å². The molecular weight excluding hydrogens is 379 g/mol. The molecule has 3 N–H and O–H groups in total. The number of carboxylic acids is 1. The van der Waals surface area contributed by atoms with Crippen LogP contribution in [0.5, 0.6) is 5.75 Å². The quantitative estimate of drug-likeness (QED) is 0.799. The lowest BCUT2D eigenvalue weighted by Gasteiger charge is -2.36.